The van der Waals surface area contributed by atoms with Gasteiger partial charge in [0.15, 0.2) is 0 Å². The third-order valence-electron chi connectivity index (χ3n) is 3.30. The predicted octanol–water partition coefficient (Wildman–Crippen LogP) is 0.927. The van der Waals surface area contributed by atoms with Crippen molar-refractivity contribution in [1.82, 2.24) is 10.6 Å². The Morgan fingerprint density at radius 1 is 1.06 bits per heavy atom. The van der Waals surface area contributed by atoms with Crippen molar-refractivity contribution in [3.8, 4) is 0 Å². The summed E-state index contributed by atoms with van der Waals surface area (Å²) in [5.41, 5.74) is 5.38. The standard InChI is InChI=1S/C13H27N3O2/c1-4-9-15-11(17)7-8-12(18)16-13(5-2,6-3)10-14/h4-10,14H2,1-3H3,(H,15,17)(H,16,18). The Labute approximate surface area is 110 Å². The average Bonchev–Trinajstić information content (AvgIpc) is 2.40. The van der Waals surface area contributed by atoms with E-state index in [9.17, 15) is 9.59 Å². The summed E-state index contributed by atoms with van der Waals surface area (Å²) in [5, 5.41) is 5.70. The minimum Gasteiger partial charge on any atom is -0.356 e. The zero-order valence-corrected chi connectivity index (χ0v) is 11.8. The molecular formula is C13H27N3O2. The molecule has 106 valence electrons. The van der Waals surface area contributed by atoms with Crippen LogP contribution < -0.4 is 16.4 Å². The van der Waals surface area contributed by atoms with Crippen molar-refractivity contribution in [2.45, 2.75) is 58.4 Å². The van der Waals surface area contributed by atoms with E-state index in [-0.39, 0.29) is 30.2 Å². The smallest absolute Gasteiger partial charge is 0.220 e. The molecule has 5 heteroatoms. The lowest BCUT2D eigenvalue weighted by atomic mass is 9.92. The van der Waals surface area contributed by atoms with E-state index in [1.54, 1.807) is 0 Å². The first-order chi connectivity index (χ1) is 8.53. The molecule has 0 atom stereocenters. The lowest BCUT2D eigenvalue weighted by Gasteiger charge is -2.31. The van der Waals surface area contributed by atoms with E-state index >= 15 is 0 Å². The van der Waals surface area contributed by atoms with Gasteiger partial charge >= 0.3 is 0 Å². The molecule has 0 aliphatic carbocycles. The summed E-state index contributed by atoms with van der Waals surface area (Å²) in [4.78, 5) is 23.1. The molecule has 0 spiro atoms. The summed E-state index contributed by atoms with van der Waals surface area (Å²) in [6.07, 6.45) is 2.96. The highest BCUT2D eigenvalue weighted by molar-refractivity contribution is 5.84. The van der Waals surface area contributed by atoms with Crippen molar-refractivity contribution >= 4 is 11.8 Å². The molecule has 0 aliphatic rings. The summed E-state index contributed by atoms with van der Waals surface area (Å²) in [5.74, 6) is -0.172. The average molecular weight is 257 g/mol. The Morgan fingerprint density at radius 3 is 2.06 bits per heavy atom. The fourth-order valence-corrected chi connectivity index (χ4v) is 1.70. The van der Waals surface area contributed by atoms with Gasteiger partial charge in [-0.15, -0.1) is 0 Å². The normalized spacial score (nSPS) is 11.1. The molecule has 0 saturated heterocycles. The maximum atomic E-state index is 11.8. The molecule has 0 radical (unpaired) electrons. The predicted molar refractivity (Wildman–Crippen MR) is 73.0 cm³/mol. The maximum absolute atomic E-state index is 11.8. The van der Waals surface area contributed by atoms with Crippen LogP contribution in [0.5, 0.6) is 0 Å². The highest BCUT2D eigenvalue weighted by atomic mass is 16.2. The number of nitrogens with one attached hydrogen (secondary N) is 2. The van der Waals surface area contributed by atoms with Crippen molar-refractivity contribution in [1.29, 1.82) is 0 Å². The van der Waals surface area contributed by atoms with Gasteiger partial charge in [-0.3, -0.25) is 9.59 Å². The zero-order chi connectivity index (χ0) is 14.0. The van der Waals surface area contributed by atoms with Crippen LogP contribution in [0.3, 0.4) is 0 Å². The summed E-state index contributed by atoms with van der Waals surface area (Å²) in [7, 11) is 0. The van der Waals surface area contributed by atoms with E-state index in [4.69, 9.17) is 5.73 Å². The van der Waals surface area contributed by atoms with Crippen LogP contribution in [0.15, 0.2) is 0 Å². The van der Waals surface area contributed by atoms with Crippen LogP contribution in [0, 0.1) is 0 Å². The Kier molecular flexibility index (Phi) is 8.37. The molecule has 0 rings (SSSR count). The summed E-state index contributed by atoms with van der Waals surface area (Å²) in [6.45, 7) is 7.09. The SMILES string of the molecule is CCCNC(=O)CCC(=O)NC(CC)(CC)CN. The van der Waals surface area contributed by atoms with Crippen LogP contribution in [-0.2, 0) is 9.59 Å². The van der Waals surface area contributed by atoms with Crippen molar-refractivity contribution in [2.75, 3.05) is 13.1 Å². The van der Waals surface area contributed by atoms with E-state index in [0.29, 0.717) is 13.1 Å². The number of carbonyl (C=O) groups is 2. The Balaban J connectivity index is 4.06. The minimum absolute atomic E-state index is 0.0710. The second-order valence-electron chi connectivity index (χ2n) is 4.59. The Morgan fingerprint density at radius 2 is 1.61 bits per heavy atom. The first-order valence-corrected chi connectivity index (χ1v) is 6.81. The van der Waals surface area contributed by atoms with Gasteiger partial charge in [0.25, 0.3) is 0 Å². The van der Waals surface area contributed by atoms with E-state index in [1.807, 2.05) is 20.8 Å². The Bertz CT molecular complexity index is 255. The van der Waals surface area contributed by atoms with Gasteiger partial charge in [0.2, 0.25) is 11.8 Å². The summed E-state index contributed by atoms with van der Waals surface area (Å²) >= 11 is 0. The third kappa shape index (κ3) is 6.00. The van der Waals surface area contributed by atoms with Crippen LogP contribution in [0.1, 0.15) is 52.9 Å². The van der Waals surface area contributed by atoms with Gasteiger partial charge in [0.05, 0.1) is 5.54 Å². The molecular weight excluding hydrogens is 230 g/mol. The van der Waals surface area contributed by atoms with Crippen LogP contribution in [0.2, 0.25) is 0 Å². The van der Waals surface area contributed by atoms with E-state index in [2.05, 4.69) is 10.6 Å². The van der Waals surface area contributed by atoms with E-state index in [0.717, 1.165) is 19.3 Å². The highest BCUT2D eigenvalue weighted by Gasteiger charge is 2.26. The van der Waals surface area contributed by atoms with Gasteiger partial charge in [-0.2, -0.15) is 0 Å². The van der Waals surface area contributed by atoms with Crippen LogP contribution in [0.4, 0.5) is 0 Å². The topological polar surface area (TPSA) is 84.2 Å². The van der Waals surface area contributed by atoms with Crippen molar-refractivity contribution < 1.29 is 9.59 Å². The second kappa shape index (κ2) is 8.91. The van der Waals surface area contributed by atoms with Gasteiger partial charge in [0, 0.05) is 25.9 Å². The first-order valence-electron chi connectivity index (χ1n) is 6.81. The molecule has 0 aromatic carbocycles. The van der Waals surface area contributed by atoms with E-state index in [1.165, 1.54) is 0 Å². The molecule has 5 nitrogen and oxygen atoms in total. The van der Waals surface area contributed by atoms with Gasteiger partial charge in [-0.05, 0) is 19.3 Å². The number of nitrogens with two attached hydrogens (primary N) is 1. The fraction of sp³-hybridized carbons (Fsp3) is 0.846. The van der Waals surface area contributed by atoms with Crippen LogP contribution in [-0.4, -0.2) is 30.4 Å². The number of hydrogen-bond acceptors (Lipinski definition) is 3. The van der Waals surface area contributed by atoms with Crippen molar-refractivity contribution in [2.24, 2.45) is 5.73 Å². The number of rotatable bonds is 9. The maximum Gasteiger partial charge on any atom is 0.220 e. The molecule has 0 heterocycles. The summed E-state index contributed by atoms with van der Waals surface area (Å²) < 4.78 is 0. The number of carbonyl (C=O) groups excluding carboxylic acids is 2. The first kappa shape index (κ1) is 16.9. The molecule has 0 saturated carbocycles. The summed E-state index contributed by atoms with van der Waals surface area (Å²) in [6, 6.07) is 0. The zero-order valence-electron chi connectivity index (χ0n) is 11.8. The van der Waals surface area contributed by atoms with Gasteiger partial charge in [0.1, 0.15) is 0 Å². The molecule has 4 N–H and O–H groups in total. The minimum atomic E-state index is -0.322. The van der Waals surface area contributed by atoms with Crippen molar-refractivity contribution in [3.63, 3.8) is 0 Å². The lowest BCUT2D eigenvalue weighted by molar-refractivity contribution is -0.127. The van der Waals surface area contributed by atoms with Gasteiger partial charge in [-0.1, -0.05) is 20.8 Å². The third-order valence-corrected chi connectivity index (χ3v) is 3.30. The number of hydrogen-bond donors (Lipinski definition) is 3. The molecule has 0 fully saturated rings. The number of amides is 2. The van der Waals surface area contributed by atoms with Crippen molar-refractivity contribution in [3.05, 3.63) is 0 Å². The molecule has 18 heavy (non-hydrogen) atoms. The monoisotopic (exact) mass is 257 g/mol. The van der Waals surface area contributed by atoms with Crippen LogP contribution in [0.25, 0.3) is 0 Å². The second-order valence-corrected chi connectivity index (χ2v) is 4.59. The molecule has 2 amide bonds. The molecule has 0 aliphatic heterocycles. The highest BCUT2D eigenvalue weighted by Crippen LogP contribution is 2.13. The van der Waals surface area contributed by atoms with Crippen LogP contribution >= 0.6 is 0 Å². The molecule has 0 unspecified atom stereocenters. The Hall–Kier alpha value is -1.10. The fourth-order valence-electron chi connectivity index (χ4n) is 1.70. The molecule has 0 bridgehead atoms. The molecule has 0 aromatic heterocycles. The van der Waals surface area contributed by atoms with Gasteiger partial charge < -0.3 is 16.4 Å². The van der Waals surface area contributed by atoms with E-state index < -0.39 is 0 Å². The molecule has 0 aromatic rings. The lowest BCUT2D eigenvalue weighted by Crippen LogP contribution is -2.53. The van der Waals surface area contributed by atoms with Gasteiger partial charge in [-0.25, -0.2) is 0 Å². The largest absolute Gasteiger partial charge is 0.356 e. The quantitative estimate of drug-likeness (QED) is 0.574.